The summed E-state index contributed by atoms with van der Waals surface area (Å²) in [5.74, 6) is -0.328. The fourth-order valence-electron chi connectivity index (χ4n) is 2.46. The number of carbonyl (C=O) groups excluding carboxylic acids is 1. The summed E-state index contributed by atoms with van der Waals surface area (Å²) in [5, 5.41) is 11.6. The Hall–Kier alpha value is -2.15. The zero-order valence-corrected chi connectivity index (χ0v) is 11.2. The summed E-state index contributed by atoms with van der Waals surface area (Å²) in [6, 6.07) is 6.14. The number of aryl methyl sites for hydroxylation is 1. The lowest BCUT2D eigenvalue weighted by molar-refractivity contribution is -0.118. The quantitative estimate of drug-likeness (QED) is 0.800. The van der Waals surface area contributed by atoms with Gasteiger partial charge < -0.3 is 16.0 Å². The number of nitrogens with zero attached hydrogens (tertiary/aromatic N) is 4. The summed E-state index contributed by atoms with van der Waals surface area (Å²) in [6.45, 7) is 4.48. The van der Waals surface area contributed by atoms with Gasteiger partial charge in [-0.2, -0.15) is 0 Å². The molecular formula is C13H18N6O. The lowest BCUT2D eigenvalue weighted by Crippen LogP contribution is -2.43. The van der Waals surface area contributed by atoms with Crippen LogP contribution in [0.5, 0.6) is 0 Å². The molecule has 1 fully saturated rings. The van der Waals surface area contributed by atoms with Gasteiger partial charge in [-0.25, -0.2) is 4.68 Å². The van der Waals surface area contributed by atoms with E-state index >= 15 is 0 Å². The highest BCUT2D eigenvalue weighted by Gasteiger charge is 2.12. The smallest absolute Gasteiger partial charge is 0.219 e. The van der Waals surface area contributed by atoms with Crippen molar-refractivity contribution < 1.29 is 4.79 Å². The molecule has 0 radical (unpaired) electrons. The van der Waals surface area contributed by atoms with E-state index in [1.807, 2.05) is 6.07 Å². The molecule has 0 atom stereocenters. The highest BCUT2D eigenvalue weighted by atomic mass is 16.1. The Morgan fingerprint density at radius 1 is 1.35 bits per heavy atom. The largest absolute Gasteiger partial charge is 0.370 e. The van der Waals surface area contributed by atoms with Crippen molar-refractivity contribution in [2.75, 3.05) is 31.1 Å². The van der Waals surface area contributed by atoms with E-state index in [-0.39, 0.29) is 12.3 Å². The van der Waals surface area contributed by atoms with Crippen molar-refractivity contribution in [1.29, 1.82) is 0 Å². The third-order valence-electron chi connectivity index (χ3n) is 3.55. The molecule has 0 aliphatic carbocycles. The molecule has 3 rings (SSSR count). The van der Waals surface area contributed by atoms with E-state index in [2.05, 4.69) is 32.7 Å². The van der Waals surface area contributed by atoms with Crippen LogP contribution in [0.4, 0.5) is 5.69 Å². The molecule has 0 bridgehead atoms. The van der Waals surface area contributed by atoms with Crippen molar-refractivity contribution in [2.45, 2.75) is 13.0 Å². The number of benzene rings is 1. The van der Waals surface area contributed by atoms with Crippen LogP contribution < -0.4 is 16.0 Å². The topological polar surface area (TPSA) is 89.1 Å². The molecule has 1 aliphatic rings. The fraction of sp³-hybridized carbons (Fsp3) is 0.462. The number of hydrogen-bond donors (Lipinski definition) is 2. The summed E-state index contributed by atoms with van der Waals surface area (Å²) >= 11 is 0. The summed E-state index contributed by atoms with van der Waals surface area (Å²) in [4.78, 5) is 13.2. The molecule has 3 N–H and O–H groups in total. The van der Waals surface area contributed by atoms with Gasteiger partial charge in [0.2, 0.25) is 5.91 Å². The highest BCUT2D eigenvalue weighted by molar-refractivity contribution is 5.79. The van der Waals surface area contributed by atoms with Gasteiger partial charge in [0, 0.05) is 38.3 Å². The number of nitrogens with one attached hydrogen (secondary N) is 1. The summed E-state index contributed by atoms with van der Waals surface area (Å²) < 4.78 is 1.72. The van der Waals surface area contributed by atoms with Crippen LogP contribution in [-0.2, 0) is 11.3 Å². The van der Waals surface area contributed by atoms with Crippen LogP contribution >= 0.6 is 0 Å². The minimum Gasteiger partial charge on any atom is -0.370 e. The van der Waals surface area contributed by atoms with Gasteiger partial charge in [-0.05, 0) is 18.2 Å². The zero-order valence-electron chi connectivity index (χ0n) is 11.2. The number of fused-ring (bicyclic) bond motifs is 1. The molecule has 2 heterocycles. The van der Waals surface area contributed by atoms with E-state index in [1.54, 1.807) is 4.68 Å². The number of aromatic nitrogens is 3. The first kappa shape index (κ1) is 12.9. The Labute approximate surface area is 116 Å². The highest BCUT2D eigenvalue weighted by Crippen LogP contribution is 2.21. The summed E-state index contributed by atoms with van der Waals surface area (Å²) in [6.07, 6.45) is 0.276. The molecule has 0 saturated carbocycles. The van der Waals surface area contributed by atoms with Gasteiger partial charge >= 0.3 is 0 Å². The number of rotatable bonds is 4. The Morgan fingerprint density at radius 2 is 2.15 bits per heavy atom. The number of nitrogens with two attached hydrogens (primary N) is 1. The number of anilines is 1. The van der Waals surface area contributed by atoms with Crippen molar-refractivity contribution in [3.05, 3.63) is 18.2 Å². The van der Waals surface area contributed by atoms with Crippen LogP contribution in [0.2, 0.25) is 0 Å². The first-order chi connectivity index (χ1) is 9.74. The molecule has 0 unspecified atom stereocenters. The average molecular weight is 274 g/mol. The summed E-state index contributed by atoms with van der Waals surface area (Å²) in [7, 11) is 0. The Kier molecular flexibility index (Phi) is 3.51. The molecule has 0 spiro atoms. The van der Waals surface area contributed by atoms with E-state index in [0.717, 1.165) is 37.2 Å². The Bertz CT molecular complexity index is 616. The molecular weight excluding hydrogens is 256 g/mol. The van der Waals surface area contributed by atoms with Gasteiger partial charge in [0.15, 0.2) is 0 Å². The van der Waals surface area contributed by atoms with Crippen molar-refractivity contribution >= 4 is 22.6 Å². The maximum Gasteiger partial charge on any atom is 0.219 e. The van der Waals surface area contributed by atoms with Crippen LogP contribution in [0.1, 0.15) is 6.42 Å². The molecule has 1 saturated heterocycles. The zero-order chi connectivity index (χ0) is 13.9. The van der Waals surface area contributed by atoms with Crippen LogP contribution in [0.15, 0.2) is 18.2 Å². The Balaban J connectivity index is 1.83. The third-order valence-corrected chi connectivity index (χ3v) is 3.55. The second kappa shape index (κ2) is 5.46. The van der Waals surface area contributed by atoms with E-state index in [4.69, 9.17) is 5.73 Å². The molecule has 7 nitrogen and oxygen atoms in total. The molecule has 1 aromatic heterocycles. The number of carbonyl (C=O) groups is 1. The summed E-state index contributed by atoms with van der Waals surface area (Å²) in [5.41, 5.74) is 8.12. The van der Waals surface area contributed by atoms with Crippen molar-refractivity contribution in [1.82, 2.24) is 20.3 Å². The molecule has 106 valence electrons. The predicted octanol–water partition coefficient (Wildman–Crippen LogP) is -0.284. The van der Waals surface area contributed by atoms with Gasteiger partial charge in [0.1, 0.15) is 5.52 Å². The number of piperazine rings is 1. The molecule has 1 amide bonds. The lowest BCUT2D eigenvalue weighted by Gasteiger charge is -2.29. The van der Waals surface area contributed by atoms with E-state index in [1.165, 1.54) is 5.69 Å². The first-order valence-corrected chi connectivity index (χ1v) is 6.81. The normalized spacial score (nSPS) is 15.7. The predicted molar refractivity (Wildman–Crippen MR) is 76.4 cm³/mol. The minimum absolute atomic E-state index is 0.276. The van der Waals surface area contributed by atoms with Gasteiger partial charge in [-0.15, -0.1) is 5.10 Å². The molecule has 7 heteroatoms. The number of amides is 1. The third kappa shape index (κ3) is 2.57. The standard InChI is InChI=1S/C13H18N6O/c14-13(20)3-6-19-12-2-1-10(9-11(12)16-17-19)18-7-4-15-5-8-18/h1-2,9,15H,3-8H2,(H2,14,20). The van der Waals surface area contributed by atoms with Gasteiger partial charge in [-0.1, -0.05) is 5.21 Å². The second-order valence-electron chi connectivity index (χ2n) is 4.94. The van der Waals surface area contributed by atoms with E-state index in [9.17, 15) is 4.79 Å². The van der Waals surface area contributed by atoms with Crippen molar-refractivity contribution in [2.24, 2.45) is 5.73 Å². The van der Waals surface area contributed by atoms with Gasteiger partial charge in [0.25, 0.3) is 0 Å². The van der Waals surface area contributed by atoms with E-state index < -0.39 is 0 Å². The maximum absolute atomic E-state index is 10.8. The van der Waals surface area contributed by atoms with Crippen LogP contribution in [0, 0.1) is 0 Å². The van der Waals surface area contributed by atoms with Gasteiger partial charge in [0.05, 0.1) is 12.1 Å². The lowest BCUT2D eigenvalue weighted by atomic mass is 10.2. The maximum atomic E-state index is 10.8. The molecule has 1 aliphatic heterocycles. The van der Waals surface area contributed by atoms with Crippen LogP contribution in [0.25, 0.3) is 11.0 Å². The van der Waals surface area contributed by atoms with Crippen LogP contribution in [-0.4, -0.2) is 47.1 Å². The second-order valence-corrected chi connectivity index (χ2v) is 4.94. The van der Waals surface area contributed by atoms with Crippen LogP contribution in [0.3, 0.4) is 0 Å². The average Bonchev–Trinajstić information content (AvgIpc) is 2.88. The van der Waals surface area contributed by atoms with Crippen molar-refractivity contribution in [3.63, 3.8) is 0 Å². The number of primary amides is 1. The SMILES string of the molecule is NC(=O)CCn1nnc2cc(N3CCNCC3)ccc21. The van der Waals surface area contributed by atoms with E-state index in [0.29, 0.717) is 6.54 Å². The van der Waals surface area contributed by atoms with Gasteiger partial charge in [-0.3, -0.25) is 4.79 Å². The molecule has 1 aromatic carbocycles. The minimum atomic E-state index is -0.328. The fourth-order valence-corrected chi connectivity index (χ4v) is 2.46. The molecule has 20 heavy (non-hydrogen) atoms. The first-order valence-electron chi connectivity index (χ1n) is 6.81. The monoisotopic (exact) mass is 274 g/mol. The van der Waals surface area contributed by atoms with Crippen molar-refractivity contribution in [3.8, 4) is 0 Å². The number of hydrogen-bond acceptors (Lipinski definition) is 5. The Morgan fingerprint density at radius 3 is 2.90 bits per heavy atom. The molecule has 2 aromatic rings.